The highest BCUT2D eigenvalue weighted by molar-refractivity contribution is 5.91. The number of hydrogen-bond acceptors (Lipinski definition) is 4. The van der Waals surface area contributed by atoms with Gasteiger partial charge in [-0.3, -0.25) is 19.6 Å². The van der Waals surface area contributed by atoms with Crippen molar-refractivity contribution in [1.82, 2.24) is 15.7 Å². The Balaban J connectivity index is 1.86. The van der Waals surface area contributed by atoms with E-state index in [0.717, 1.165) is 11.1 Å². The summed E-state index contributed by atoms with van der Waals surface area (Å²) in [6, 6.07) is 25.0. The van der Waals surface area contributed by atoms with E-state index in [1.54, 1.807) is 31.3 Å². The van der Waals surface area contributed by atoms with Gasteiger partial charge in [0, 0.05) is 19.7 Å². The van der Waals surface area contributed by atoms with Crippen LogP contribution in [0.5, 0.6) is 0 Å². The summed E-state index contributed by atoms with van der Waals surface area (Å²) in [4.78, 5) is 39.2. The predicted octanol–water partition coefficient (Wildman–Crippen LogP) is 3.26. The molecule has 0 spiro atoms. The molecule has 3 aromatic rings. The first-order chi connectivity index (χ1) is 16.5. The Labute approximate surface area is 198 Å². The fraction of sp³-hybridized carbons (Fsp3) is 0.148. The Morgan fingerprint density at radius 2 is 1.56 bits per heavy atom. The quantitative estimate of drug-likeness (QED) is 0.261. The molecule has 34 heavy (non-hydrogen) atoms. The molecule has 7 nitrogen and oxygen atoms in total. The summed E-state index contributed by atoms with van der Waals surface area (Å²) in [6.45, 7) is 0.327. The normalized spacial score (nSPS) is 11.6. The molecule has 0 fully saturated rings. The topological polar surface area (TPSA) is 98.7 Å². The minimum atomic E-state index is -0.875. The van der Waals surface area contributed by atoms with Gasteiger partial charge in [-0.1, -0.05) is 78.9 Å². The van der Waals surface area contributed by atoms with Crippen LogP contribution in [0.15, 0.2) is 91.0 Å². The molecule has 0 aliphatic rings. The average molecular weight is 458 g/mol. The van der Waals surface area contributed by atoms with Gasteiger partial charge in [0.05, 0.1) is 6.42 Å². The molecule has 0 radical (unpaired) electrons. The molecule has 0 saturated heterocycles. The lowest BCUT2D eigenvalue weighted by Gasteiger charge is -2.28. The van der Waals surface area contributed by atoms with Crippen LogP contribution in [0.3, 0.4) is 0 Å². The van der Waals surface area contributed by atoms with Crippen molar-refractivity contribution in [3.05, 3.63) is 113 Å². The van der Waals surface area contributed by atoms with E-state index in [1.165, 1.54) is 22.5 Å². The second-order valence-electron chi connectivity index (χ2n) is 7.75. The van der Waals surface area contributed by atoms with Crippen LogP contribution in [-0.2, 0) is 27.3 Å². The Bertz CT molecular complexity index is 1150. The van der Waals surface area contributed by atoms with Crippen LogP contribution in [0.25, 0.3) is 6.08 Å². The first-order valence-electron chi connectivity index (χ1n) is 10.8. The van der Waals surface area contributed by atoms with Gasteiger partial charge in [-0.25, -0.2) is 5.48 Å². The molecule has 7 heteroatoms. The SMILES string of the molecule is CN(C(=O)Cc1ccccc1)C(C(=O)NCc1ccccc1)c1cccc(C=CC(=O)NO)c1. The number of rotatable bonds is 9. The molecule has 0 heterocycles. The van der Waals surface area contributed by atoms with E-state index >= 15 is 0 Å². The van der Waals surface area contributed by atoms with Gasteiger partial charge >= 0.3 is 0 Å². The van der Waals surface area contributed by atoms with Crippen LogP contribution >= 0.6 is 0 Å². The largest absolute Gasteiger partial charge is 0.350 e. The van der Waals surface area contributed by atoms with Gasteiger partial charge < -0.3 is 10.2 Å². The fourth-order valence-electron chi connectivity index (χ4n) is 3.51. The number of likely N-dealkylation sites (N-methyl/N-ethyl adjacent to an activating group) is 1. The molecule has 0 saturated carbocycles. The van der Waals surface area contributed by atoms with E-state index in [2.05, 4.69) is 5.32 Å². The summed E-state index contributed by atoms with van der Waals surface area (Å²) in [5.41, 5.74) is 4.58. The van der Waals surface area contributed by atoms with Crippen molar-refractivity contribution in [1.29, 1.82) is 0 Å². The molecule has 0 bridgehead atoms. The molecular formula is C27H27N3O4. The third kappa shape index (κ3) is 6.88. The first-order valence-corrected chi connectivity index (χ1v) is 10.8. The van der Waals surface area contributed by atoms with Crippen molar-refractivity contribution >= 4 is 23.8 Å². The van der Waals surface area contributed by atoms with Gasteiger partial charge in [0.15, 0.2) is 0 Å². The molecule has 3 aromatic carbocycles. The van der Waals surface area contributed by atoms with E-state index < -0.39 is 11.9 Å². The van der Waals surface area contributed by atoms with Crippen LogP contribution in [0.1, 0.15) is 28.3 Å². The van der Waals surface area contributed by atoms with E-state index in [9.17, 15) is 14.4 Å². The highest BCUT2D eigenvalue weighted by Gasteiger charge is 2.28. The Morgan fingerprint density at radius 3 is 2.21 bits per heavy atom. The maximum atomic E-state index is 13.3. The zero-order chi connectivity index (χ0) is 24.3. The van der Waals surface area contributed by atoms with Crippen molar-refractivity contribution in [2.75, 3.05) is 7.05 Å². The summed E-state index contributed by atoms with van der Waals surface area (Å²) >= 11 is 0. The van der Waals surface area contributed by atoms with Crippen molar-refractivity contribution in [2.24, 2.45) is 0 Å². The number of nitrogens with one attached hydrogen (secondary N) is 2. The van der Waals surface area contributed by atoms with E-state index in [1.807, 2.05) is 60.7 Å². The number of hydroxylamine groups is 1. The number of benzene rings is 3. The van der Waals surface area contributed by atoms with Gasteiger partial charge in [0.2, 0.25) is 11.8 Å². The molecule has 3 rings (SSSR count). The van der Waals surface area contributed by atoms with Gasteiger partial charge in [0.1, 0.15) is 6.04 Å². The number of carbonyl (C=O) groups is 3. The monoisotopic (exact) mass is 457 g/mol. The minimum Gasteiger partial charge on any atom is -0.350 e. The standard InChI is InChI=1S/C27H27N3O4/c1-30(25(32)18-20-9-4-2-5-10-20)26(27(33)28-19-22-11-6-3-7-12-22)23-14-8-13-21(17-23)15-16-24(31)29-34/h2-17,26,34H,18-19H2,1H3,(H,28,33)(H,29,31). The lowest BCUT2D eigenvalue weighted by Crippen LogP contribution is -2.42. The summed E-state index contributed by atoms with van der Waals surface area (Å²) in [6.07, 6.45) is 2.85. The van der Waals surface area contributed by atoms with Gasteiger partial charge in [-0.2, -0.15) is 0 Å². The first kappa shape index (κ1) is 24.4. The van der Waals surface area contributed by atoms with Crippen LogP contribution in [0.4, 0.5) is 0 Å². The van der Waals surface area contributed by atoms with Crippen molar-refractivity contribution in [2.45, 2.75) is 19.0 Å². The number of nitrogens with zero attached hydrogens (tertiary/aromatic N) is 1. The van der Waals surface area contributed by atoms with Crippen LogP contribution in [0, 0.1) is 0 Å². The summed E-state index contributed by atoms with van der Waals surface area (Å²) < 4.78 is 0. The third-order valence-electron chi connectivity index (χ3n) is 5.30. The molecule has 0 aromatic heterocycles. The van der Waals surface area contributed by atoms with Crippen molar-refractivity contribution < 1.29 is 19.6 Å². The van der Waals surface area contributed by atoms with Crippen LogP contribution in [0.2, 0.25) is 0 Å². The van der Waals surface area contributed by atoms with Crippen molar-refractivity contribution in [3.63, 3.8) is 0 Å². The number of hydrogen-bond donors (Lipinski definition) is 3. The summed E-state index contributed by atoms with van der Waals surface area (Å²) in [5.74, 6) is -1.19. The molecule has 0 aliphatic heterocycles. The average Bonchev–Trinajstić information content (AvgIpc) is 2.87. The molecule has 3 amide bonds. The Morgan fingerprint density at radius 1 is 0.912 bits per heavy atom. The van der Waals surface area contributed by atoms with Crippen LogP contribution in [-0.4, -0.2) is 34.9 Å². The molecule has 1 unspecified atom stereocenters. The lowest BCUT2D eigenvalue weighted by molar-refractivity contribution is -0.138. The second kappa shape index (κ2) is 12.1. The fourth-order valence-corrected chi connectivity index (χ4v) is 3.51. The molecule has 0 aliphatic carbocycles. The smallest absolute Gasteiger partial charge is 0.267 e. The summed E-state index contributed by atoms with van der Waals surface area (Å²) in [7, 11) is 1.61. The third-order valence-corrected chi connectivity index (χ3v) is 5.30. The molecular weight excluding hydrogens is 430 g/mol. The van der Waals surface area contributed by atoms with Gasteiger partial charge in [-0.15, -0.1) is 0 Å². The van der Waals surface area contributed by atoms with E-state index in [-0.39, 0.29) is 18.2 Å². The zero-order valence-electron chi connectivity index (χ0n) is 18.8. The maximum Gasteiger partial charge on any atom is 0.267 e. The highest BCUT2D eigenvalue weighted by Crippen LogP contribution is 2.23. The Hall–Kier alpha value is -4.23. The van der Waals surface area contributed by atoms with Crippen molar-refractivity contribution in [3.8, 4) is 0 Å². The maximum absolute atomic E-state index is 13.3. The van der Waals surface area contributed by atoms with Crippen LogP contribution < -0.4 is 10.8 Å². The highest BCUT2D eigenvalue weighted by atomic mass is 16.5. The van der Waals surface area contributed by atoms with Gasteiger partial charge in [0.25, 0.3) is 5.91 Å². The minimum absolute atomic E-state index is 0.163. The summed E-state index contributed by atoms with van der Waals surface area (Å²) in [5, 5.41) is 11.6. The number of amides is 3. The second-order valence-corrected chi connectivity index (χ2v) is 7.75. The van der Waals surface area contributed by atoms with E-state index in [4.69, 9.17) is 5.21 Å². The van der Waals surface area contributed by atoms with Gasteiger partial charge in [-0.05, 0) is 34.4 Å². The predicted molar refractivity (Wildman–Crippen MR) is 129 cm³/mol. The zero-order valence-corrected chi connectivity index (χ0v) is 18.8. The molecule has 3 N–H and O–H groups in total. The van der Waals surface area contributed by atoms with E-state index in [0.29, 0.717) is 17.7 Å². The Kier molecular flexibility index (Phi) is 8.71. The molecule has 174 valence electrons. The number of carbonyl (C=O) groups excluding carboxylic acids is 3. The molecule has 1 atom stereocenters. The lowest BCUT2D eigenvalue weighted by atomic mass is 10.0.